The van der Waals surface area contributed by atoms with E-state index in [1.807, 2.05) is 0 Å². The van der Waals surface area contributed by atoms with E-state index in [1.54, 1.807) is 0 Å². The number of rotatable bonds is 1. The maximum absolute atomic E-state index is 12.3. The van der Waals surface area contributed by atoms with E-state index in [1.165, 1.54) is 6.92 Å². The molecule has 0 spiro atoms. The first-order valence-corrected chi connectivity index (χ1v) is 4.22. The van der Waals surface area contributed by atoms with Crippen molar-refractivity contribution in [3.05, 3.63) is 0 Å². The van der Waals surface area contributed by atoms with E-state index < -0.39 is 17.6 Å². The van der Waals surface area contributed by atoms with E-state index in [2.05, 4.69) is 0 Å². The Morgan fingerprint density at radius 1 is 1.25 bits per heavy atom. The van der Waals surface area contributed by atoms with Gasteiger partial charge in [-0.2, -0.15) is 13.2 Å². The molecule has 1 aliphatic rings. The van der Waals surface area contributed by atoms with E-state index in [0.717, 1.165) is 12.8 Å². The fourth-order valence-electron chi connectivity index (χ4n) is 1.79. The van der Waals surface area contributed by atoms with Crippen LogP contribution in [0.1, 0.15) is 32.6 Å². The van der Waals surface area contributed by atoms with E-state index >= 15 is 0 Å². The largest absolute Gasteiger partial charge is 0.393 e. The molecule has 0 amide bonds. The predicted molar refractivity (Wildman–Crippen MR) is 40.6 cm³/mol. The molecule has 1 saturated carbocycles. The highest BCUT2D eigenvalue weighted by Gasteiger charge is 2.49. The van der Waals surface area contributed by atoms with E-state index in [-0.39, 0.29) is 0 Å². The van der Waals surface area contributed by atoms with Crippen LogP contribution in [0.2, 0.25) is 0 Å². The van der Waals surface area contributed by atoms with Crippen LogP contribution in [-0.2, 0) is 0 Å². The lowest BCUT2D eigenvalue weighted by atomic mass is 9.84. The van der Waals surface area contributed by atoms with Crippen LogP contribution in [0.25, 0.3) is 0 Å². The van der Waals surface area contributed by atoms with Crippen molar-refractivity contribution in [2.24, 2.45) is 11.7 Å². The Balaban J connectivity index is 2.68. The highest BCUT2D eigenvalue weighted by Crippen LogP contribution is 2.41. The molecule has 1 aliphatic carbocycles. The summed E-state index contributed by atoms with van der Waals surface area (Å²) >= 11 is 0. The molecule has 2 N–H and O–H groups in total. The van der Waals surface area contributed by atoms with Crippen LogP contribution in [0, 0.1) is 5.92 Å². The Labute approximate surface area is 70.1 Å². The van der Waals surface area contributed by atoms with Crippen molar-refractivity contribution in [3.8, 4) is 0 Å². The van der Waals surface area contributed by atoms with Crippen LogP contribution >= 0.6 is 0 Å². The van der Waals surface area contributed by atoms with Gasteiger partial charge in [0.05, 0.1) is 5.92 Å². The summed E-state index contributed by atoms with van der Waals surface area (Å²) in [5, 5.41) is 0. The number of hydrogen-bond donors (Lipinski definition) is 1. The Morgan fingerprint density at radius 3 is 2.00 bits per heavy atom. The summed E-state index contributed by atoms with van der Waals surface area (Å²) in [6.07, 6.45) is -1.46. The van der Waals surface area contributed by atoms with Crippen LogP contribution in [-0.4, -0.2) is 11.7 Å². The van der Waals surface area contributed by atoms with Gasteiger partial charge < -0.3 is 5.73 Å². The van der Waals surface area contributed by atoms with Gasteiger partial charge in [0.1, 0.15) is 0 Å². The third-order valence-corrected chi connectivity index (χ3v) is 2.89. The van der Waals surface area contributed by atoms with Gasteiger partial charge in [-0.15, -0.1) is 0 Å². The van der Waals surface area contributed by atoms with Crippen LogP contribution in [0.5, 0.6) is 0 Å². The Bertz CT molecular complexity index is 158. The first-order chi connectivity index (χ1) is 5.36. The molecule has 0 aromatic carbocycles. The third kappa shape index (κ3) is 1.73. The Kier molecular flexibility index (Phi) is 2.38. The second-order valence-corrected chi connectivity index (χ2v) is 3.70. The quantitative estimate of drug-likeness (QED) is 0.660. The fourth-order valence-corrected chi connectivity index (χ4v) is 1.79. The lowest BCUT2D eigenvalue weighted by Crippen LogP contribution is -2.49. The van der Waals surface area contributed by atoms with Gasteiger partial charge in [-0.3, -0.25) is 0 Å². The monoisotopic (exact) mass is 181 g/mol. The zero-order valence-electron chi connectivity index (χ0n) is 7.12. The molecule has 1 rings (SSSR count). The highest BCUT2D eigenvalue weighted by molar-refractivity contribution is 4.96. The number of hydrogen-bond acceptors (Lipinski definition) is 1. The number of halogens is 3. The average Bonchev–Trinajstić information content (AvgIpc) is 2.34. The zero-order valence-corrected chi connectivity index (χ0v) is 7.12. The fraction of sp³-hybridized carbons (Fsp3) is 1.00. The second kappa shape index (κ2) is 2.91. The van der Waals surface area contributed by atoms with Gasteiger partial charge in [0.2, 0.25) is 0 Å². The molecule has 0 bridgehead atoms. The lowest BCUT2D eigenvalue weighted by Gasteiger charge is -2.32. The Morgan fingerprint density at radius 2 is 1.67 bits per heavy atom. The summed E-state index contributed by atoms with van der Waals surface area (Å²) in [4.78, 5) is 0. The minimum absolute atomic E-state index is 0.508. The molecule has 0 heterocycles. The van der Waals surface area contributed by atoms with Gasteiger partial charge in [0.15, 0.2) is 0 Å². The molecule has 1 unspecified atom stereocenters. The summed E-state index contributed by atoms with van der Waals surface area (Å²) in [6.45, 7) is 1.19. The van der Waals surface area contributed by atoms with Crippen molar-refractivity contribution in [2.45, 2.75) is 44.3 Å². The van der Waals surface area contributed by atoms with E-state index in [4.69, 9.17) is 5.73 Å². The molecule has 1 fully saturated rings. The highest BCUT2D eigenvalue weighted by atomic mass is 19.4. The maximum Gasteiger partial charge on any atom is 0.393 e. The third-order valence-electron chi connectivity index (χ3n) is 2.89. The van der Waals surface area contributed by atoms with Crippen molar-refractivity contribution >= 4 is 0 Å². The molecular weight excluding hydrogens is 167 g/mol. The van der Waals surface area contributed by atoms with Gasteiger partial charge in [-0.25, -0.2) is 0 Å². The normalized spacial score (nSPS) is 25.8. The van der Waals surface area contributed by atoms with Crippen LogP contribution in [0.4, 0.5) is 13.2 Å². The number of alkyl halides is 3. The maximum atomic E-state index is 12.3. The summed E-state index contributed by atoms with van der Waals surface area (Å²) in [5.74, 6) is -1.37. The van der Waals surface area contributed by atoms with Crippen LogP contribution in [0.15, 0.2) is 0 Å². The smallest absolute Gasteiger partial charge is 0.325 e. The molecule has 0 aliphatic heterocycles. The van der Waals surface area contributed by atoms with Gasteiger partial charge >= 0.3 is 6.18 Å². The summed E-state index contributed by atoms with van der Waals surface area (Å²) in [5.41, 5.74) is 4.68. The predicted octanol–water partition coefficient (Wildman–Crippen LogP) is 2.46. The van der Waals surface area contributed by atoms with E-state index in [9.17, 15) is 13.2 Å². The van der Waals surface area contributed by atoms with Crippen molar-refractivity contribution in [3.63, 3.8) is 0 Å². The number of nitrogens with two attached hydrogens (primary N) is 1. The Hall–Kier alpha value is -0.250. The molecule has 1 nitrogen and oxygen atoms in total. The molecule has 1 atom stereocenters. The summed E-state index contributed by atoms with van der Waals surface area (Å²) in [7, 11) is 0. The lowest BCUT2D eigenvalue weighted by molar-refractivity contribution is -0.186. The molecular formula is C8H14F3N. The minimum Gasteiger partial charge on any atom is -0.325 e. The summed E-state index contributed by atoms with van der Waals surface area (Å²) in [6, 6.07) is 0. The zero-order chi connectivity index (χ0) is 9.41. The van der Waals surface area contributed by atoms with Crippen molar-refractivity contribution in [1.29, 1.82) is 0 Å². The van der Waals surface area contributed by atoms with Gasteiger partial charge in [0, 0.05) is 5.54 Å². The topological polar surface area (TPSA) is 26.0 Å². The van der Waals surface area contributed by atoms with Crippen molar-refractivity contribution in [1.82, 2.24) is 0 Å². The average molecular weight is 181 g/mol. The molecule has 4 heteroatoms. The second-order valence-electron chi connectivity index (χ2n) is 3.70. The van der Waals surface area contributed by atoms with Crippen molar-refractivity contribution < 1.29 is 13.2 Å². The first kappa shape index (κ1) is 9.84. The first-order valence-electron chi connectivity index (χ1n) is 4.22. The molecule has 0 radical (unpaired) electrons. The van der Waals surface area contributed by atoms with Crippen LogP contribution in [0.3, 0.4) is 0 Å². The van der Waals surface area contributed by atoms with Gasteiger partial charge in [-0.05, 0) is 12.8 Å². The van der Waals surface area contributed by atoms with E-state index in [0.29, 0.717) is 12.8 Å². The SMILES string of the molecule is CC(C(F)(F)F)C1(N)CCCC1. The van der Waals surface area contributed by atoms with Gasteiger partial charge in [0.25, 0.3) is 0 Å². The van der Waals surface area contributed by atoms with Gasteiger partial charge in [-0.1, -0.05) is 19.8 Å². The molecule has 12 heavy (non-hydrogen) atoms. The molecule has 72 valence electrons. The standard InChI is InChI=1S/C8H14F3N/c1-6(8(9,10)11)7(12)4-2-3-5-7/h6H,2-5,12H2,1H3. The van der Waals surface area contributed by atoms with Crippen LogP contribution < -0.4 is 5.73 Å². The minimum atomic E-state index is -4.14. The molecule has 0 saturated heterocycles. The molecule has 0 aromatic heterocycles. The molecule has 0 aromatic rings. The van der Waals surface area contributed by atoms with Crippen molar-refractivity contribution in [2.75, 3.05) is 0 Å². The summed E-state index contributed by atoms with van der Waals surface area (Å²) < 4.78 is 36.8.